The number of hydrogen-bond acceptors (Lipinski definition) is 6. The van der Waals surface area contributed by atoms with Crippen LogP contribution in [0.15, 0.2) is 84.0 Å². The third-order valence-corrected chi connectivity index (χ3v) is 6.75. The maximum Gasteiger partial charge on any atom is 0.275 e. The summed E-state index contributed by atoms with van der Waals surface area (Å²) in [7, 11) is 1.65. The van der Waals surface area contributed by atoms with E-state index in [-0.39, 0.29) is 17.1 Å². The zero-order valence-corrected chi connectivity index (χ0v) is 21.1. The molecule has 0 aliphatic carbocycles. The lowest BCUT2D eigenvalue weighted by Gasteiger charge is -2.36. The molecule has 0 atom stereocenters. The minimum atomic E-state index is -0.489. The van der Waals surface area contributed by atoms with Gasteiger partial charge in [-0.05, 0) is 70.9 Å². The van der Waals surface area contributed by atoms with Crippen LogP contribution in [0.2, 0.25) is 0 Å². The molecule has 1 amide bonds. The second-order valence-corrected chi connectivity index (χ2v) is 9.23. The molecule has 1 aliphatic heterocycles. The molecule has 0 saturated carbocycles. The molecule has 38 heavy (non-hydrogen) atoms. The number of fused-ring (bicyclic) bond motifs is 1. The van der Waals surface area contributed by atoms with Gasteiger partial charge in [0.15, 0.2) is 0 Å². The summed E-state index contributed by atoms with van der Waals surface area (Å²) in [6, 6.07) is 23.1. The van der Waals surface area contributed by atoms with Gasteiger partial charge in [-0.2, -0.15) is 5.10 Å². The van der Waals surface area contributed by atoms with Gasteiger partial charge in [0.25, 0.3) is 5.91 Å². The van der Waals surface area contributed by atoms with E-state index in [9.17, 15) is 14.3 Å². The van der Waals surface area contributed by atoms with E-state index >= 15 is 0 Å². The Morgan fingerprint density at radius 1 is 1.00 bits per heavy atom. The number of ether oxygens (including phenoxy) is 1. The number of benzene rings is 4. The van der Waals surface area contributed by atoms with Crippen molar-refractivity contribution in [3.63, 3.8) is 0 Å². The number of rotatable bonds is 7. The smallest absolute Gasteiger partial charge is 0.275 e. The zero-order chi connectivity index (χ0) is 26.5. The molecular formula is C30H29FN4O3. The Morgan fingerprint density at radius 2 is 1.71 bits per heavy atom. The van der Waals surface area contributed by atoms with Gasteiger partial charge in [-0.15, -0.1) is 0 Å². The van der Waals surface area contributed by atoms with Gasteiger partial charge in [0, 0.05) is 44.0 Å². The van der Waals surface area contributed by atoms with Crippen LogP contribution in [-0.4, -0.2) is 55.4 Å². The number of carbonyl (C=O) groups is 1. The number of piperazine rings is 1. The van der Waals surface area contributed by atoms with Crippen LogP contribution in [0.5, 0.6) is 11.5 Å². The van der Waals surface area contributed by atoms with Crippen LogP contribution in [-0.2, 0) is 6.54 Å². The van der Waals surface area contributed by atoms with Gasteiger partial charge in [-0.25, -0.2) is 9.82 Å². The van der Waals surface area contributed by atoms with E-state index in [0.29, 0.717) is 6.54 Å². The first kappa shape index (κ1) is 25.2. The highest BCUT2D eigenvalue weighted by Gasteiger charge is 2.19. The molecule has 2 N–H and O–H groups in total. The first-order chi connectivity index (χ1) is 18.5. The van der Waals surface area contributed by atoms with Crippen LogP contribution in [0.25, 0.3) is 10.8 Å². The van der Waals surface area contributed by atoms with Crippen LogP contribution in [0.3, 0.4) is 0 Å². The molecule has 0 unspecified atom stereocenters. The van der Waals surface area contributed by atoms with Gasteiger partial charge in [0.1, 0.15) is 17.3 Å². The molecule has 1 saturated heterocycles. The van der Waals surface area contributed by atoms with Gasteiger partial charge >= 0.3 is 0 Å². The van der Waals surface area contributed by atoms with Crippen molar-refractivity contribution in [1.29, 1.82) is 0 Å². The molecular weight excluding hydrogens is 483 g/mol. The summed E-state index contributed by atoms with van der Waals surface area (Å²) in [5.41, 5.74) is 5.53. The second-order valence-electron chi connectivity index (χ2n) is 9.23. The number of phenols is 1. The Balaban J connectivity index is 1.22. The highest BCUT2D eigenvalue weighted by Crippen LogP contribution is 2.25. The largest absolute Gasteiger partial charge is 0.507 e. The molecule has 8 heteroatoms. The third kappa shape index (κ3) is 5.76. The quantitative estimate of drug-likeness (QED) is 0.275. The van der Waals surface area contributed by atoms with Crippen molar-refractivity contribution in [3.05, 3.63) is 101 Å². The Kier molecular flexibility index (Phi) is 7.51. The second kappa shape index (κ2) is 11.3. The van der Waals surface area contributed by atoms with E-state index < -0.39 is 5.91 Å². The molecule has 5 rings (SSSR count). The number of hydrazone groups is 1. The zero-order valence-electron chi connectivity index (χ0n) is 21.1. The van der Waals surface area contributed by atoms with Crippen molar-refractivity contribution >= 4 is 28.6 Å². The summed E-state index contributed by atoms with van der Waals surface area (Å²) in [5.74, 6) is -0.0255. The van der Waals surface area contributed by atoms with Gasteiger partial charge in [-0.3, -0.25) is 9.69 Å². The molecule has 194 valence electrons. The van der Waals surface area contributed by atoms with Crippen molar-refractivity contribution in [2.75, 3.05) is 38.2 Å². The van der Waals surface area contributed by atoms with E-state index in [4.69, 9.17) is 4.74 Å². The molecule has 4 aromatic carbocycles. The number of nitrogens with one attached hydrogen (secondary N) is 1. The van der Waals surface area contributed by atoms with E-state index in [1.807, 2.05) is 54.6 Å². The van der Waals surface area contributed by atoms with E-state index in [2.05, 4.69) is 20.3 Å². The van der Waals surface area contributed by atoms with E-state index in [1.165, 1.54) is 12.1 Å². The summed E-state index contributed by atoms with van der Waals surface area (Å²) >= 11 is 0. The number of aromatic hydroxyl groups is 1. The predicted molar refractivity (Wildman–Crippen MR) is 148 cm³/mol. The summed E-state index contributed by atoms with van der Waals surface area (Å²) < 4.78 is 18.8. The third-order valence-electron chi connectivity index (χ3n) is 6.75. The highest BCUT2D eigenvalue weighted by atomic mass is 19.1. The molecule has 0 spiro atoms. The van der Waals surface area contributed by atoms with Gasteiger partial charge in [-0.1, -0.05) is 24.3 Å². The number of methoxy groups -OCH3 is 1. The fraction of sp³-hybridized carbons (Fsp3) is 0.200. The fourth-order valence-corrected chi connectivity index (χ4v) is 4.70. The topological polar surface area (TPSA) is 77.4 Å². The molecule has 0 radical (unpaired) electrons. The number of anilines is 1. The van der Waals surface area contributed by atoms with Crippen molar-refractivity contribution in [2.45, 2.75) is 6.54 Å². The number of hydrogen-bond donors (Lipinski definition) is 2. The van der Waals surface area contributed by atoms with Crippen molar-refractivity contribution < 1.29 is 19.0 Å². The molecule has 1 heterocycles. The number of carbonyl (C=O) groups excluding carboxylic acids is 1. The molecule has 1 aliphatic rings. The average Bonchev–Trinajstić information content (AvgIpc) is 2.93. The molecule has 0 aromatic heterocycles. The van der Waals surface area contributed by atoms with Crippen LogP contribution < -0.4 is 15.1 Å². The van der Waals surface area contributed by atoms with Crippen LogP contribution in [0.1, 0.15) is 21.5 Å². The van der Waals surface area contributed by atoms with E-state index in [0.717, 1.165) is 59.5 Å². The lowest BCUT2D eigenvalue weighted by Crippen LogP contribution is -2.46. The van der Waals surface area contributed by atoms with Gasteiger partial charge in [0.05, 0.1) is 18.9 Å². The lowest BCUT2D eigenvalue weighted by molar-refractivity contribution is 0.0952. The van der Waals surface area contributed by atoms with Crippen LogP contribution in [0, 0.1) is 5.82 Å². The lowest BCUT2D eigenvalue weighted by atomic mass is 10.1. The number of halogens is 1. The molecule has 0 bridgehead atoms. The Bertz CT molecular complexity index is 1460. The number of amides is 1. The summed E-state index contributed by atoms with van der Waals surface area (Å²) in [6.45, 7) is 4.14. The predicted octanol–water partition coefficient (Wildman–Crippen LogP) is 4.78. The standard InChI is InChI=1S/C30H29FN4O3/c1-38-29-11-6-21(19-32-33-30(37)27-17-22-4-2-3-5-23(22)18-28(27)36)16-24(29)20-34-12-14-35(15-13-34)26-9-7-25(31)8-10-26/h2-11,16-19,36H,12-15,20H2,1H3,(H,33,37). The number of phenolic OH excluding ortho intramolecular Hbond substituents is 1. The van der Waals surface area contributed by atoms with Crippen LogP contribution in [0.4, 0.5) is 10.1 Å². The van der Waals surface area contributed by atoms with Crippen LogP contribution >= 0.6 is 0 Å². The summed E-state index contributed by atoms with van der Waals surface area (Å²) in [6.07, 6.45) is 1.57. The average molecular weight is 513 g/mol. The van der Waals surface area contributed by atoms with Crippen molar-refractivity contribution in [3.8, 4) is 11.5 Å². The fourth-order valence-electron chi connectivity index (χ4n) is 4.70. The van der Waals surface area contributed by atoms with Gasteiger partial charge < -0.3 is 14.7 Å². The summed E-state index contributed by atoms with van der Waals surface area (Å²) in [5, 5.41) is 16.1. The Labute approximate surface area is 220 Å². The minimum absolute atomic E-state index is 0.0948. The molecule has 1 fully saturated rings. The first-order valence-electron chi connectivity index (χ1n) is 12.4. The van der Waals surface area contributed by atoms with E-state index in [1.54, 1.807) is 25.5 Å². The van der Waals surface area contributed by atoms with Gasteiger partial charge in [0.2, 0.25) is 0 Å². The maximum absolute atomic E-state index is 13.2. The SMILES string of the molecule is COc1ccc(C=NNC(=O)c2cc3ccccc3cc2O)cc1CN1CCN(c2ccc(F)cc2)CC1. The highest BCUT2D eigenvalue weighted by molar-refractivity contribution is 6.01. The minimum Gasteiger partial charge on any atom is -0.507 e. The Hall–Kier alpha value is -4.43. The molecule has 7 nitrogen and oxygen atoms in total. The van der Waals surface area contributed by atoms with Crippen molar-refractivity contribution in [1.82, 2.24) is 10.3 Å². The summed E-state index contributed by atoms with van der Waals surface area (Å²) in [4.78, 5) is 17.2. The first-order valence-corrected chi connectivity index (χ1v) is 12.4. The number of nitrogens with zero attached hydrogens (tertiary/aromatic N) is 3. The van der Waals surface area contributed by atoms with Crippen molar-refractivity contribution in [2.24, 2.45) is 5.10 Å². The Morgan fingerprint density at radius 3 is 2.42 bits per heavy atom. The normalized spacial score (nSPS) is 14.2. The maximum atomic E-state index is 13.2. The monoisotopic (exact) mass is 512 g/mol. The molecule has 4 aromatic rings.